The fourth-order valence-electron chi connectivity index (χ4n) is 2.33. The summed E-state index contributed by atoms with van der Waals surface area (Å²) in [7, 11) is 0. The SMILES string of the molecule is C=CCOc1ccccc1CN=C(NCC)NCc1ncc(C(C)(C)C)o1. The van der Waals surface area contributed by atoms with Gasteiger partial charge < -0.3 is 19.8 Å². The zero-order valence-electron chi connectivity index (χ0n) is 16.7. The molecule has 2 N–H and O–H groups in total. The molecule has 1 heterocycles. The highest BCUT2D eigenvalue weighted by atomic mass is 16.5. The summed E-state index contributed by atoms with van der Waals surface area (Å²) < 4.78 is 11.5. The van der Waals surface area contributed by atoms with E-state index >= 15 is 0 Å². The van der Waals surface area contributed by atoms with Crippen LogP contribution in [-0.4, -0.2) is 24.1 Å². The summed E-state index contributed by atoms with van der Waals surface area (Å²) in [5.41, 5.74) is 0.960. The molecular weight excluding hydrogens is 340 g/mol. The maximum atomic E-state index is 5.82. The fraction of sp³-hybridized carbons (Fsp3) is 0.429. The molecule has 0 spiro atoms. The lowest BCUT2D eigenvalue weighted by Gasteiger charge is -2.13. The quantitative estimate of drug-likeness (QED) is 0.420. The Kier molecular flexibility index (Phi) is 7.46. The van der Waals surface area contributed by atoms with Gasteiger partial charge in [-0.2, -0.15) is 0 Å². The Morgan fingerprint density at radius 3 is 2.74 bits per heavy atom. The van der Waals surface area contributed by atoms with Gasteiger partial charge in [0.1, 0.15) is 18.1 Å². The molecule has 0 aliphatic heterocycles. The molecule has 1 aromatic heterocycles. The molecule has 0 bridgehead atoms. The monoisotopic (exact) mass is 370 g/mol. The highest BCUT2D eigenvalue weighted by Gasteiger charge is 2.19. The van der Waals surface area contributed by atoms with Crippen LogP contribution in [0.2, 0.25) is 0 Å². The lowest BCUT2D eigenvalue weighted by atomic mass is 9.94. The van der Waals surface area contributed by atoms with Crippen LogP contribution in [-0.2, 0) is 18.5 Å². The minimum Gasteiger partial charge on any atom is -0.489 e. The van der Waals surface area contributed by atoms with E-state index in [0.717, 1.165) is 23.6 Å². The summed E-state index contributed by atoms with van der Waals surface area (Å²) in [5.74, 6) is 3.03. The number of rotatable bonds is 8. The number of nitrogens with one attached hydrogen (secondary N) is 2. The van der Waals surface area contributed by atoms with Crippen LogP contribution in [0.4, 0.5) is 0 Å². The summed E-state index contributed by atoms with van der Waals surface area (Å²) in [5, 5.41) is 6.50. The van der Waals surface area contributed by atoms with E-state index in [1.54, 1.807) is 12.3 Å². The Bertz CT molecular complexity index is 760. The molecule has 2 rings (SSSR count). The van der Waals surface area contributed by atoms with Crippen LogP contribution in [0, 0.1) is 0 Å². The third-order valence-electron chi connectivity index (χ3n) is 3.78. The van der Waals surface area contributed by atoms with Crippen LogP contribution < -0.4 is 15.4 Å². The van der Waals surface area contributed by atoms with Gasteiger partial charge in [0.15, 0.2) is 5.96 Å². The van der Waals surface area contributed by atoms with Crippen molar-refractivity contribution < 1.29 is 9.15 Å². The number of ether oxygens (including phenoxy) is 1. The molecule has 0 saturated heterocycles. The number of nitrogens with zero attached hydrogens (tertiary/aromatic N) is 2. The zero-order chi connectivity index (χ0) is 19.7. The van der Waals surface area contributed by atoms with E-state index in [2.05, 4.69) is 48.0 Å². The molecule has 0 fully saturated rings. The van der Waals surface area contributed by atoms with E-state index in [-0.39, 0.29) is 5.41 Å². The summed E-state index contributed by atoms with van der Waals surface area (Å²) in [6, 6.07) is 7.88. The predicted octanol–water partition coefficient (Wildman–Crippen LogP) is 3.79. The number of aromatic nitrogens is 1. The van der Waals surface area contributed by atoms with Gasteiger partial charge in [-0.15, -0.1) is 0 Å². The summed E-state index contributed by atoms with van der Waals surface area (Å²) in [6.45, 7) is 14.2. The lowest BCUT2D eigenvalue weighted by molar-refractivity contribution is 0.359. The molecule has 2 aromatic rings. The van der Waals surface area contributed by atoms with Crippen LogP contribution in [0.25, 0.3) is 0 Å². The Balaban J connectivity index is 2.02. The largest absolute Gasteiger partial charge is 0.489 e. The number of para-hydroxylation sites is 1. The average Bonchev–Trinajstić information content (AvgIpc) is 3.12. The molecule has 0 saturated carbocycles. The van der Waals surface area contributed by atoms with E-state index < -0.39 is 0 Å². The van der Waals surface area contributed by atoms with E-state index in [4.69, 9.17) is 9.15 Å². The molecule has 27 heavy (non-hydrogen) atoms. The van der Waals surface area contributed by atoms with Crippen molar-refractivity contribution in [3.05, 3.63) is 60.3 Å². The summed E-state index contributed by atoms with van der Waals surface area (Å²) in [4.78, 5) is 8.98. The Morgan fingerprint density at radius 2 is 2.07 bits per heavy atom. The number of hydrogen-bond donors (Lipinski definition) is 2. The molecule has 0 radical (unpaired) electrons. The third-order valence-corrected chi connectivity index (χ3v) is 3.78. The minimum atomic E-state index is -0.0566. The van der Waals surface area contributed by atoms with E-state index in [0.29, 0.717) is 31.5 Å². The van der Waals surface area contributed by atoms with E-state index in [1.807, 2.05) is 31.2 Å². The van der Waals surface area contributed by atoms with Crippen LogP contribution in [0.5, 0.6) is 5.75 Å². The molecule has 146 valence electrons. The third kappa shape index (κ3) is 6.47. The maximum Gasteiger partial charge on any atom is 0.213 e. The van der Waals surface area contributed by atoms with Crippen LogP contribution in [0.1, 0.15) is 44.9 Å². The summed E-state index contributed by atoms with van der Waals surface area (Å²) >= 11 is 0. The van der Waals surface area contributed by atoms with Crippen LogP contribution >= 0.6 is 0 Å². The van der Waals surface area contributed by atoms with Gasteiger partial charge in [0.05, 0.1) is 19.3 Å². The molecule has 0 aliphatic carbocycles. The molecule has 1 aromatic carbocycles. The Labute approximate surface area is 161 Å². The van der Waals surface area contributed by atoms with Gasteiger partial charge in [0, 0.05) is 17.5 Å². The van der Waals surface area contributed by atoms with E-state index in [1.165, 1.54) is 0 Å². The van der Waals surface area contributed by atoms with Crippen LogP contribution in [0.15, 0.2) is 52.5 Å². The molecule has 0 atom stereocenters. The minimum absolute atomic E-state index is 0.0566. The van der Waals surface area contributed by atoms with Crippen molar-refractivity contribution in [3.63, 3.8) is 0 Å². The van der Waals surface area contributed by atoms with Gasteiger partial charge >= 0.3 is 0 Å². The number of guanidine groups is 1. The number of aliphatic imine (C=N–C) groups is 1. The van der Waals surface area contributed by atoms with Crippen molar-refractivity contribution in [2.24, 2.45) is 4.99 Å². The molecule has 6 nitrogen and oxygen atoms in total. The smallest absolute Gasteiger partial charge is 0.213 e. The maximum absolute atomic E-state index is 5.82. The second-order valence-corrected chi connectivity index (χ2v) is 7.12. The lowest BCUT2D eigenvalue weighted by Crippen LogP contribution is -2.36. The van der Waals surface area contributed by atoms with Crippen molar-refractivity contribution in [2.45, 2.75) is 46.2 Å². The van der Waals surface area contributed by atoms with Gasteiger partial charge in [0.2, 0.25) is 5.89 Å². The first-order valence-electron chi connectivity index (χ1n) is 9.23. The van der Waals surface area contributed by atoms with Gasteiger partial charge in [-0.25, -0.2) is 9.98 Å². The molecule has 0 amide bonds. The first-order valence-corrected chi connectivity index (χ1v) is 9.23. The van der Waals surface area contributed by atoms with Crippen molar-refractivity contribution in [2.75, 3.05) is 13.2 Å². The summed E-state index contributed by atoms with van der Waals surface area (Å²) in [6.07, 6.45) is 3.52. The van der Waals surface area contributed by atoms with Crippen molar-refractivity contribution in [3.8, 4) is 5.75 Å². The molecule has 0 aliphatic rings. The number of benzene rings is 1. The van der Waals surface area contributed by atoms with Crippen molar-refractivity contribution in [1.82, 2.24) is 15.6 Å². The first kappa shape index (κ1) is 20.6. The number of oxazole rings is 1. The molecule has 6 heteroatoms. The zero-order valence-corrected chi connectivity index (χ0v) is 16.7. The Hall–Kier alpha value is -2.76. The van der Waals surface area contributed by atoms with Gasteiger partial charge in [-0.1, -0.05) is 51.6 Å². The topological polar surface area (TPSA) is 71.7 Å². The van der Waals surface area contributed by atoms with Gasteiger partial charge in [-0.05, 0) is 13.0 Å². The molecular formula is C21H30N4O2. The van der Waals surface area contributed by atoms with Gasteiger partial charge in [0.25, 0.3) is 0 Å². The Morgan fingerprint density at radius 1 is 1.30 bits per heavy atom. The predicted molar refractivity (Wildman–Crippen MR) is 109 cm³/mol. The van der Waals surface area contributed by atoms with Gasteiger partial charge in [-0.3, -0.25) is 0 Å². The van der Waals surface area contributed by atoms with Crippen molar-refractivity contribution in [1.29, 1.82) is 0 Å². The van der Waals surface area contributed by atoms with E-state index in [9.17, 15) is 0 Å². The second-order valence-electron chi connectivity index (χ2n) is 7.12. The standard InChI is InChI=1S/C21H30N4O2/c1-6-12-26-17-11-9-8-10-16(17)13-24-20(22-7-2)25-15-19-23-14-18(27-19)21(3,4)5/h6,8-11,14H,1,7,12-13,15H2,2-5H3,(H2,22,24,25). The second kappa shape index (κ2) is 9.80. The highest BCUT2D eigenvalue weighted by Crippen LogP contribution is 2.22. The number of hydrogen-bond acceptors (Lipinski definition) is 4. The van der Waals surface area contributed by atoms with Crippen molar-refractivity contribution >= 4 is 5.96 Å². The normalized spacial score (nSPS) is 11.9. The fourth-order valence-corrected chi connectivity index (χ4v) is 2.33. The first-order chi connectivity index (χ1) is 12.9. The highest BCUT2D eigenvalue weighted by molar-refractivity contribution is 5.79. The van der Waals surface area contributed by atoms with Crippen LogP contribution in [0.3, 0.4) is 0 Å². The molecule has 0 unspecified atom stereocenters. The average molecular weight is 370 g/mol.